The predicted octanol–water partition coefficient (Wildman–Crippen LogP) is 2.87. The predicted molar refractivity (Wildman–Crippen MR) is 99.4 cm³/mol. The number of pyridine rings is 1. The van der Waals surface area contributed by atoms with Gasteiger partial charge in [0, 0.05) is 37.2 Å². The minimum Gasteiger partial charge on any atom is -0.325 e. The number of thioether (sulfide) groups is 1. The van der Waals surface area contributed by atoms with Crippen molar-refractivity contribution in [3.05, 3.63) is 54.4 Å². The molecule has 1 amide bonds. The molecule has 3 rings (SSSR count). The van der Waals surface area contributed by atoms with Crippen LogP contribution in [-0.4, -0.2) is 31.4 Å². The Bertz CT molecular complexity index is 948. The highest BCUT2D eigenvalue weighted by Crippen LogP contribution is 2.22. The second-order valence-corrected chi connectivity index (χ2v) is 6.47. The first kappa shape index (κ1) is 17.6. The van der Waals surface area contributed by atoms with Crippen LogP contribution in [-0.2, 0) is 11.8 Å². The van der Waals surface area contributed by atoms with Gasteiger partial charge in [-0.25, -0.2) is 0 Å². The zero-order valence-corrected chi connectivity index (χ0v) is 14.9. The average molecular weight is 364 g/mol. The van der Waals surface area contributed by atoms with Gasteiger partial charge in [-0.15, -0.1) is 10.2 Å². The molecule has 0 aliphatic heterocycles. The third-order valence-electron chi connectivity index (χ3n) is 3.64. The smallest absolute Gasteiger partial charge is 0.225 e. The van der Waals surface area contributed by atoms with E-state index in [2.05, 4.69) is 26.6 Å². The number of hydrogen-bond donors (Lipinski definition) is 1. The van der Waals surface area contributed by atoms with Crippen molar-refractivity contribution in [3.63, 3.8) is 0 Å². The van der Waals surface area contributed by atoms with Crippen LogP contribution in [0.3, 0.4) is 0 Å². The van der Waals surface area contributed by atoms with Gasteiger partial charge in [-0.3, -0.25) is 9.78 Å². The Hall–Kier alpha value is -3.18. The van der Waals surface area contributed by atoms with Crippen molar-refractivity contribution in [1.29, 1.82) is 5.26 Å². The summed E-state index contributed by atoms with van der Waals surface area (Å²) in [5.41, 5.74) is 1.87. The second kappa shape index (κ2) is 8.27. The molecule has 130 valence electrons. The second-order valence-electron chi connectivity index (χ2n) is 5.41. The maximum Gasteiger partial charge on any atom is 0.225 e. The maximum absolute atomic E-state index is 12.1. The van der Waals surface area contributed by atoms with E-state index in [0.717, 1.165) is 16.5 Å². The summed E-state index contributed by atoms with van der Waals surface area (Å²) in [6, 6.07) is 12.8. The van der Waals surface area contributed by atoms with Gasteiger partial charge in [0.1, 0.15) is 6.07 Å². The molecule has 0 saturated carbocycles. The lowest BCUT2D eigenvalue weighted by Crippen LogP contribution is -2.13. The highest BCUT2D eigenvalue weighted by molar-refractivity contribution is 7.99. The number of carbonyl (C=O) groups excluding carboxylic acids is 1. The van der Waals surface area contributed by atoms with Crippen molar-refractivity contribution in [1.82, 2.24) is 19.7 Å². The number of benzene rings is 1. The summed E-state index contributed by atoms with van der Waals surface area (Å²) < 4.78 is 1.88. The molecule has 3 aromatic rings. The fourth-order valence-electron chi connectivity index (χ4n) is 2.32. The van der Waals surface area contributed by atoms with E-state index in [-0.39, 0.29) is 5.91 Å². The van der Waals surface area contributed by atoms with Crippen LogP contribution in [0.25, 0.3) is 11.4 Å². The number of nitrogens with one attached hydrogen (secondary N) is 1. The molecule has 8 heteroatoms. The summed E-state index contributed by atoms with van der Waals surface area (Å²) in [7, 11) is 1.88. The van der Waals surface area contributed by atoms with Crippen molar-refractivity contribution in [3.8, 4) is 17.5 Å². The van der Waals surface area contributed by atoms with Gasteiger partial charge < -0.3 is 9.88 Å². The molecule has 2 heterocycles. The molecule has 7 nitrogen and oxygen atoms in total. The van der Waals surface area contributed by atoms with Gasteiger partial charge in [0.25, 0.3) is 0 Å². The summed E-state index contributed by atoms with van der Waals surface area (Å²) in [4.78, 5) is 16.2. The first-order valence-electron chi connectivity index (χ1n) is 7.90. The Kier molecular flexibility index (Phi) is 5.61. The molecular weight excluding hydrogens is 348 g/mol. The minimum absolute atomic E-state index is 0.144. The molecule has 0 fully saturated rings. The lowest BCUT2D eigenvalue weighted by Gasteiger charge is -2.07. The molecule has 0 bridgehead atoms. The number of amides is 1. The molecule has 26 heavy (non-hydrogen) atoms. The highest BCUT2D eigenvalue weighted by Gasteiger charge is 2.12. The lowest BCUT2D eigenvalue weighted by atomic mass is 10.2. The highest BCUT2D eigenvalue weighted by atomic mass is 32.2. The van der Waals surface area contributed by atoms with Gasteiger partial charge in [0.2, 0.25) is 5.91 Å². The van der Waals surface area contributed by atoms with E-state index in [1.807, 2.05) is 23.7 Å². The van der Waals surface area contributed by atoms with E-state index in [0.29, 0.717) is 23.4 Å². The monoisotopic (exact) mass is 364 g/mol. The van der Waals surface area contributed by atoms with Crippen molar-refractivity contribution in [2.75, 3.05) is 11.1 Å². The van der Waals surface area contributed by atoms with Gasteiger partial charge in [-0.1, -0.05) is 23.9 Å². The SMILES string of the molecule is Cn1c(SCCC(=O)Nc2ccccc2C#N)nnc1-c1cccnc1. The van der Waals surface area contributed by atoms with Crippen LogP contribution in [0.1, 0.15) is 12.0 Å². The van der Waals surface area contributed by atoms with E-state index in [1.165, 1.54) is 11.8 Å². The molecule has 2 aromatic heterocycles. The quantitative estimate of drug-likeness (QED) is 0.676. The van der Waals surface area contributed by atoms with Crippen LogP contribution in [0.2, 0.25) is 0 Å². The topological polar surface area (TPSA) is 96.5 Å². The van der Waals surface area contributed by atoms with Crippen molar-refractivity contribution in [2.45, 2.75) is 11.6 Å². The molecule has 0 aliphatic rings. The van der Waals surface area contributed by atoms with Gasteiger partial charge in [-0.2, -0.15) is 5.26 Å². The summed E-state index contributed by atoms with van der Waals surface area (Å²) in [5.74, 6) is 1.14. The molecular formula is C18H16N6OS. The number of rotatable bonds is 6. The van der Waals surface area contributed by atoms with Crippen LogP contribution in [0.4, 0.5) is 5.69 Å². The Labute approximate surface area is 155 Å². The Balaban J connectivity index is 1.56. The van der Waals surface area contributed by atoms with E-state index in [4.69, 9.17) is 5.26 Å². The summed E-state index contributed by atoms with van der Waals surface area (Å²) in [6.07, 6.45) is 3.75. The Morgan fingerprint density at radius 1 is 1.27 bits per heavy atom. The molecule has 0 radical (unpaired) electrons. The van der Waals surface area contributed by atoms with Crippen molar-refractivity contribution < 1.29 is 4.79 Å². The first-order chi connectivity index (χ1) is 12.7. The molecule has 1 N–H and O–H groups in total. The van der Waals surface area contributed by atoms with E-state index in [9.17, 15) is 4.79 Å². The van der Waals surface area contributed by atoms with Crippen molar-refractivity contribution >= 4 is 23.4 Å². The number of anilines is 1. The van der Waals surface area contributed by atoms with Crippen LogP contribution < -0.4 is 5.32 Å². The number of hydrogen-bond acceptors (Lipinski definition) is 6. The fourth-order valence-corrected chi connectivity index (χ4v) is 3.17. The maximum atomic E-state index is 12.1. The van der Waals surface area contributed by atoms with Crippen LogP contribution in [0.5, 0.6) is 0 Å². The van der Waals surface area contributed by atoms with E-state index < -0.39 is 0 Å². The summed E-state index contributed by atoms with van der Waals surface area (Å²) in [6.45, 7) is 0. The Morgan fingerprint density at radius 2 is 2.12 bits per heavy atom. The van der Waals surface area contributed by atoms with Gasteiger partial charge in [-0.05, 0) is 24.3 Å². The van der Waals surface area contributed by atoms with E-state index >= 15 is 0 Å². The Morgan fingerprint density at radius 3 is 2.88 bits per heavy atom. The largest absolute Gasteiger partial charge is 0.325 e. The summed E-state index contributed by atoms with van der Waals surface area (Å²) in [5, 5.41) is 20.9. The molecule has 0 unspecified atom stereocenters. The molecule has 1 aromatic carbocycles. The minimum atomic E-state index is -0.144. The van der Waals surface area contributed by atoms with E-state index in [1.54, 1.807) is 36.7 Å². The number of para-hydroxylation sites is 1. The molecule has 0 spiro atoms. The van der Waals surface area contributed by atoms with Gasteiger partial charge in [0.15, 0.2) is 11.0 Å². The standard InChI is InChI=1S/C18H16N6OS/c1-24-17(14-6-4-9-20-12-14)22-23-18(24)26-10-8-16(25)21-15-7-3-2-5-13(15)11-19/h2-7,9,12H,8,10H2,1H3,(H,21,25). The van der Waals surface area contributed by atoms with Crippen molar-refractivity contribution in [2.24, 2.45) is 7.05 Å². The van der Waals surface area contributed by atoms with Crippen LogP contribution >= 0.6 is 11.8 Å². The average Bonchev–Trinajstić information content (AvgIpc) is 3.03. The van der Waals surface area contributed by atoms with Gasteiger partial charge in [0.05, 0.1) is 11.3 Å². The third-order valence-corrected chi connectivity index (χ3v) is 4.66. The van der Waals surface area contributed by atoms with Crippen LogP contribution in [0.15, 0.2) is 53.9 Å². The number of nitriles is 1. The fraction of sp³-hybridized carbons (Fsp3) is 0.167. The lowest BCUT2D eigenvalue weighted by molar-refractivity contribution is -0.115. The number of aromatic nitrogens is 4. The molecule has 0 atom stereocenters. The zero-order chi connectivity index (χ0) is 18.4. The normalized spacial score (nSPS) is 10.3. The molecule has 0 aliphatic carbocycles. The zero-order valence-electron chi connectivity index (χ0n) is 14.1. The number of nitrogens with zero attached hydrogens (tertiary/aromatic N) is 5. The third kappa shape index (κ3) is 4.07. The first-order valence-corrected chi connectivity index (χ1v) is 8.89. The van der Waals surface area contributed by atoms with Crippen LogP contribution in [0, 0.1) is 11.3 Å². The molecule has 0 saturated heterocycles. The van der Waals surface area contributed by atoms with Gasteiger partial charge >= 0.3 is 0 Å². The number of carbonyl (C=O) groups is 1. The summed E-state index contributed by atoms with van der Waals surface area (Å²) >= 11 is 1.45.